The Labute approximate surface area is 160 Å². The fourth-order valence-corrected chi connectivity index (χ4v) is 3.27. The molecule has 0 aliphatic heterocycles. The fourth-order valence-electron chi connectivity index (χ4n) is 3.27. The summed E-state index contributed by atoms with van der Waals surface area (Å²) in [5, 5.41) is 0. The van der Waals surface area contributed by atoms with E-state index >= 15 is 0 Å². The average molecular weight is 418 g/mol. The summed E-state index contributed by atoms with van der Waals surface area (Å²) in [5.41, 5.74) is 0.254. The van der Waals surface area contributed by atoms with Gasteiger partial charge in [0, 0.05) is 5.56 Å². The first kappa shape index (κ1) is 20.7. The minimum absolute atomic E-state index is 0.115. The van der Waals surface area contributed by atoms with Gasteiger partial charge in [-0.1, -0.05) is 54.6 Å². The van der Waals surface area contributed by atoms with Crippen molar-refractivity contribution in [3.8, 4) is 0 Å². The van der Waals surface area contributed by atoms with Crippen LogP contribution in [0.3, 0.4) is 0 Å². The number of hydrogen-bond donors (Lipinski definition) is 0. The van der Waals surface area contributed by atoms with E-state index in [9.17, 15) is 35.9 Å². The molecule has 1 atom stereocenters. The highest BCUT2D eigenvalue weighted by atomic mass is 19.4. The van der Waals surface area contributed by atoms with Crippen molar-refractivity contribution in [1.29, 1.82) is 0 Å². The molecule has 0 spiro atoms. The number of benzene rings is 2. The van der Waals surface area contributed by atoms with Crippen molar-refractivity contribution in [2.75, 3.05) is 0 Å². The number of hydrogen-bond acceptors (Lipinski definition) is 4. The number of rotatable bonds is 3. The lowest BCUT2D eigenvalue weighted by Gasteiger charge is -2.35. The molecule has 4 nitrogen and oxygen atoms in total. The molecule has 0 saturated heterocycles. The van der Waals surface area contributed by atoms with E-state index in [-0.39, 0.29) is 23.1 Å². The summed E-state index contributed by atoms with van der Waals surface area (Å²) in [6.45, 7) is 0. The van der Waals surface area contributed by atoms with Crippen LogP contribution in [-0.2, 0) is 31.3 Å². The molecule has 0 N–H and O–H groups in total. The molecule has 0 aromatic heterocycles. The monoisotopic (exact) mass is 418 g/mol. The van der Waals surface area contributed by atoms with Gasteiger partial charge in [0.2, 0.25) is 0 Å². The molecule has 0 radical (unpaired) electrons. The van der Waals surface area contributed by atoms with E-state index in [0.29, 0.717) is 0 Å². The summed E-state index contributed by atoms with van der Waals surface area (Å²) in [7, 11) is 0. The number of alkyl halides is 6. The Morgan fingerprint density at radius 1 is 0.793 bits per heavy atom. The van der Waals surface area contributed by atoms with Crippen LogP contribution in [0.2, 0.25) is 0 Å². The SMILES string of the molecule is O=C(OC1(OC(=O)C(F)(F)F)c2ccccc2CC1c1ccccc1)C(F)(F)F. The van der Waals surface area contributed by atoms with Crippen LogP contribution in [0, 0.1) is 0 Å². The second-order valence-corrected chi connectivity index (χ2v) is 6.27. The molecule has 0 fully saturated rings. The second-order valence-electron chi connectivity index (χ2n) is 6.27. The largest absolute Gasteiger partial charge is 0.491 e. The molecule has 1 aliphatic carbocycles. The molecule has 154 valence electrons. The van der Waals surface area contributed by atoms with Crippen molar-refractivity contribution in [1.82, 2.24) is 0 Å². The highest BCUT2D eigenvalue weighted by Gasteiger charge is 2.60. The molecule has 2 aromatic rings. The van der Waals surface area contributed by atoms with Crippen LogP contribution >= 0.6 is 0 Å². The summed E-state index contributed by atoms with van der Waals surface area (Å²) in [4.78, 5) is 23.2. The lowest BCUT2D eigenvalue weighted by Crippen LogP contribution is -2.46. The van der Waals surface area contributed by atoms with E-state index in [1.54, 1.807) is 6.07 Å². The predicted octanol–water partition coefficient (Wildman–Crippen LogP) is 4.39. The van der Waals surface area contributed by atoms with Crippen LogP contribution in [0.25, 0.3) is 0 Å². The van der Waals surface area contributed by atoms with Gasteiger partial charge in [-0.25, -0.2) is 9.59 Å². The van der Waals surface area contributed by atoms with E-state index < -0.39 is 36.0 Å². The van der Waals surface area contributed by atoms with E-state index in [1.165, 1.54) is 42.5 Å². The number of carbonyl (C=O) groups is 2. The Bertz CT molecular complexity index is 892. The van der Waals surface area contributed by atoms with Gasteiger partial charge >= 0.3 is 24.3 Å². The number of ether oxygens (including phenoxy) is 2. The zero-order chi connectivity index (χ0) is 21.4. The van der Waals surface area contributed by atoms with Crippen LogP contribution in [0.5, 0.6) is 0 Å². The van der Waals surface area contributed by atoms with Crippen molar-refractivity contribution >= 4 is 11.9 Å². The molecule has 2 aromatic carbocycles. The number of halogens is 6. The highest BCUT2D eigenvalue weighted by Crippen LogP contribution is 2.52. The third kappa shape index (κ3) is 3.92. The average Bonchev–Trinajstić information content (AvgIpc) is 2.95. The van der Waals surface area contributed by atoms with Crippen molar-refractivity contribution in [3.63, 3.8) is 0 Å². The van der Waals surface area contributed by atoms with Gasteiger partial charge in [0.05, 0.1) is 5.92 Å². The van der Waals surface area contributed by atoms with Crippen LogP contribution in [-0.4, -0.2) is 24.3 Å². The van der Waals surface area contributed by atoms with Crippen LogP contribution in [0.15, 0.2) is 54.6 Å². The number of carbonyl (C=O) groups excluding carboxylic acids is 2. The smallest absolute Gasteiger partial charge is 0.411 e. The molecule has 0 heterocycles. The van der Waals surface area contributed by atoms with Gasteiger partial charge in [-0.15, -0.1) is 0 Å². The van der Waals surface area contributed by atoms with E-state index in [2.05, 4.69) is 9.47 Å². The van der Waals surface area contributed by atoms with Crippen molar-refractivity contribution < 1.29 is 45.4 Å². The van der Waals surface area contributed by atoms with Crippen LogP contribution in [0.1, 0.15) is 22.6 Å². The van der Waals surface area contributed by atoms with Gasteiger partial charge in [-0.2, -0.15) is 26.3 Å². The Hall–Kier alpha value is -3.04. The third-order valence-electron chi connectivity index (χ3n) is 4.43. The zero-order valence-electron chi connectivity index (χ0n) is 14.4. The first-order valence-electron chi connectivity index (χ1n) is 8.19. The summed E-state index contributed by atoms with van der Waals surface area (Å²) in [6, 6.07) is 12.9. The number of esters is 2. The van der Waals surface area contributed by atoms with E-state index in [1.807, 2.05) is 0 Å². The fraction of sp³-hybridized carbons (Fsp3) is 0.263. The van der Waals surface area contributed by atoms with Gasteiger partial charge in [0.15, 0.2) is 0 Å². The van der Waals surface area contributed by atoms with Gasteiger partial charge in [-0.05, 0) is 17.5 Å². The summed E-state index contributed by atoms with van der Waals surface area (Å²) in [5.74, 6) is -9.80. The Morgan fingerprint density at radius 3 is 1.79 bits per heavy atom. The lowest BCUT2D eigenvalue weighted by molar-refractivity contribution is -0.281. The first-order chi connectivity index (χ1) is 13.4. The molecule has 3 rings (SSSR count). The van der Waals surface area contributed by atoms with Crippen molar-refractivity contribution in [2.24, 2.45) is 0 Å². The quantitative estimate of drug-likeness (QED) is 0.422. The lowest BCUT2D eigenvalue weighted by atomic mass is 9.90. The van der Waals surface area contributed by atoms with Crippen molar-refractivity contribution in [2.45, 2.75) is 30.5 Å². The normalized spacial score (nSPS) is 18.1. The Kier molecular flexibility index (Phi) is 5.06. The second kappa shape index (κ2) is 7.09. The molecule has 0 amide bonds. The Morgan fingerprint density at radius 2 is 1.28 bits per heavy atom. The minimum atomic E-state index is -5.52. The van der Waals surface area contributed by atoms with E-state index in [4.69, 9.17) is 0 Å². The standard InChI is InChI=1S/C19H12F6O4/c20-18(21,22)15(26)28-17(29-16(27)19(23,24)25)13-9-5-4-8-12(13)10-14(17)11-6-2-1-3-7-11/h1-9,14H,10H2. The molecule has 1 aliphatic rings. The summed E-state index contributed by atoms with van der Waals surface area (Å²) >= 11 is 0. The van der Waals surface area contributed by atoms with Gasteiger partial charge < -0.3 is 9.47 Å². The number of fused-ring (bicyclic) bond motifs is 1. The highest BCUT2D eigenvalue weighted by molar-refractivity contribution is 5.79. The van der Waals surface area contributed by atoms with Gasteiger partial charge in [0.1, 0.15) is 0 Å². The molecule has 0 saturated carbocycles. The van der Waals surface area contributed by atoms with Crippen molar-refractivity contribution in [3.05, 3.63) is 71.3 Å². The third-order valence-corrected chi connectivity index (χ3v) is 4.43. The molecular weight excluding hydrogens is 406 g/mol. The maximum atomic E-state index is 12.9. The van der Waals surface area contributed by atoms with Crippen LogP contribution < -0.4 is 0 Å². The first-order valence-corrected chi connectivity index (χ1v) is 8.19. The maximum Gasteiger partial charge on any atom is 0.491 e. The summed E-state index contributed by atoms with van der Waals surface area (Å²) < 4.78 is 86.5. The zero-order valence-corrected chi connectivity index (χ0v) is 14.4. The maximum absolute atomic E-state index is 12.9. The molecular formula is C19H12F6O4. The Balaban J connectivity index is 2.20. The van der Waals surface area contributed by atoms with Crippen LogP contribution in [0.4, 0.5) is 26.3 Å². The molecule has 0 bridgehead atoms. The molecule has 10 heteroatoms. The predicted molar refractivity (Wildman–Crippen MR) is 85.3 cm³/mol. The minimum Gasteiger partial charge on any atom is -0.411 e. The molecule has 29 heavy (non-hydrogen) atoms. The molecule has 1 unspecified atom stereocenters. The summed E-state index contributed by atoms with van der Waals surface area (Å²) in [6.07, 6.45) is -11.1. The van der Waals surface area contributed by atoms with Gasteiger partial charge in [0.25, 0.3) is 5.79 Å². The topological polar surface area (TPSA) is 52.6 Å². The van der Waals surface area contributed by atoms with E-state index in [0.717, 1.165) is 6.07 Å². The van der Waals surface area contributed by atoms with Gasteiger partial charge in [-0.3, -0.25) is 0 Å².